The van der Waals surface area contributed by atoms with Crippen LogP contribution < -0.4 is 0 Å². The molecule has 2 unspecified atom stereocenters. The number of esters is 2. The van der Waals surface area contributed by atoms with Crippen molar-refractivity contribution < 1.29 is 109 Å². The van der Waals surface area contributed by atoms with Crippen LogP contribution in [0.15, 0.2) is 0 Å². The minimum absolute atomic E-state index is 0. The molecule has 61 heavy (non-hydrogen) atoms. The van der Waals surface area contributed by atoms with Crippen molar-refractivity contribution in [3.05, 3.63) is 0 Å². The Morgan fingerprint density at radius 3 is 1.07 bits per heavy atom. The van der Waals surface area contributed by atoms with Gasteiger partial charge in [0.1, 0.15) is 5.78 Å². The molecule has 0 heterocycles. The van der Waals surface area contributed by atoms with Gasteiger partial charge in [-0.05, 0) is 89.0 Å². The van der Waals surface area contributed by atoms with Crippen molar-refractivity contribution >= 4 is 63.1 Å². The molecule has 0 saturated carbocycles. The summed E-state index contributed by atoms with van der Waals surface area (Å²) in [5.74, 6) is -8.09. The van der Waals surface area contributed by atoms with Gasteiger partial charge in [0, 0.05) is 12.8 Å². The van der Waals surface area contributed by atoms with Gasteiger partial charge < -0.3 is 48.5 Å². The van der Waals surface area contributed by atoms with Crippen LogP contribution in [0.1, 0.15) is 109 Å². The Bertz CT molecular complexity index is 1460. The first kappa shape index (κ1) is 61.2. The van der Waals surface area contributed by atoms with Crippen molar-refractivity contribution in [2.75, 3.05) is 39.5 Å². The number of ketones is 1. The van der Waals surface area contributed by atoms with Crippen LogP contribution in [-0.2, 0) is 84.4 Å². The molecule has 0 aliphatic carbocycles. The summed E-state index contributed by atoms with van der Waals surface area (Å²) >= 11 is 0. The zero-order valence-electron chi connectivity index (χ0n) is 35.8. The monoisotopic (exact) mass is 926 g/mol. The van der Waals surface area contributed by atoms with Crippen LogP contribution in [0.4, 0.5) is 9.59 Å². The number of carboxylic acid groups (broad SMARTS) is 3. The topological polar surface area (TPSA) is 324 Å². The third-order valence-corrected chi connectivity index (χ3v) is 10.5. The van der Waals surface area contributed by atoms with Crippen molar-refractivity contribution in [1.29, 1.82) is 0 Å². The van der Waals surface area contributed by atoms with Crippen molar-refractivity contribution in [3.8, 4) is 0 Å². The average molecular weight is 927 g/mol. The number of ether oxygens (including phenoxy) is 6. The molecule has 3 N–H and O–H groups in total. The molecule has 0 fully saturated rings. The van der Waals surface area contributed by atoms with E-state index in [1.54, 1.807) is 69.2 Å². The summed E-state index contributed by atoms with van der Waals surface area (Å²) in [6.45, 7) is 13.9. The zero-order valence-corrected chi connectivity index (χ0v) is 37.6. The zero-order chi connectivity index (χ0) is 47.1. The van der Waals surface area contributed by atoms with E-state index in [1.165, 1.54) is 6.92 Å². The van der Waals surface area contributed by atoms with Crippen molar-refractivity contribution in [1.82, 2.24) is 0 Å². The highest BCUT2D eigenvalue weighted by Crippen LogP contribution is 2.51. The van der Waals surface area contributed by atoms with Gasteiger partial charge in [0.25, 0.3) is 0 Å². The summed E-state index contributed by atoms with van der Waals surface area (Å²) < 4.78 is 74.2. The molecule has 2 atom stereocenters. The molecule has 0 rings (SSSR count). The van der Waals surface area contributed by atoms with Gasteiger partial charge in [-0.1, -0.05) is 7.43 Å². The summed E-state index contributed by atoms with van der Waals surface area (Å²) in [6, 6.07) is 0. The minimum atomic E-state index is -4.31. The lowest BCUT2D eigenvalue weighted by Gasteiger charge is -2.23. The lowest BCUT2D eigenvalue weighted by atomic mass is 9.98. The SMILES string of the molecule is C.CC(=O)CCC(CP(=O)(OCOC(=O)C(C)(C)C)OCOC(=O)C(C)(C)C)C(=O)O.CC(C)OC(=O)OCOP(=O)(CC(CCC(=O)O)C(=O)O)OCOC(=O)OC(C)C. The first-order chi connectivity index (χ1) is 27.3. The number of rotatable bonds is 26. The molecule has 0 saturated heterocycles. The van der Waals surface area contributed by atoms with Gasteiger partial charge in [0.2, 0.25) is 27.2 Å². The quantitative estimate of drug-likeness (QED) is 0.0346. The van der Waals surface area contributed by atoms with Crippen LogP contribution in [-0.4, -0.2) is 115 Å². The molecule has 0 aromatic rings. The van der Waals surface area contributed by atoms with Crippen LogP contribution in [0.5, 0.6) is 0 Å². The maximum absolute atomic E-state index is 13.1. The summed E-state index contributed by atoms with van der Waals surface area (Å²) in [6.07, 6.45) is -5.58. The Morgan fingerprint density at radius 2 is 0.820 bits per heavy atom. The van der Waals surface area contributed by atoms with Crippen LogP contribution >= 0.6 is 15.2 Å². The van der Waals surface area contributed by atoms with E-state index in [0.717, 1.165) is 0 Å². The van der Waals surface area contributed by atoms with Gasteiger partial charge in [0.15, 0.2) is 0 Å². The summed E-state index contributed by atoms with van der Waals surface area (Å²) in [7, 11) is -8.46. The normalized spacial score (nSPS) is 12.7. The van der Waals surface area contributed by atoms with Gasteiger partial charge in [-0.15, -0.1) is 0 Å². The van der Waals surface area contributed by atoms with Gasteiger partial charge in [-0.3, -0.25) is 51.2 Å². The Hall–Kier alpha value is -4.14. The highest BCUT2D eigenvalue weighted by Gasteiger charge is 2.36. The van der Waals surface area contributed by atoms with E-state index in [0.29, 0.717) is 0 Å². The number of aliphatic carboxylic acids is 3. The van der Waals surface area contributed by atoms with Crippen molar-refractivity contribution in [3.63, 3.8) is 0 Å². The van der Waals surface area contributed by atoms with E-state index < -0.39 is 138 Å². The van der Waals surface area contributed by atoms with Crippen LogP contribution in [0.2, 0.25) is 0 Å². The molecule has 0 amide bonds. The van der Waals surface area contributed by atoms with Crippen LogP contribution in [0.25, 0.3) is 0 Å². The number of carboxylic acids is 3. The summed E-state index contributed by atoms with van der Waals surface area (Å²) in [5, 5.41) is 27.3. The molecular weight excluding hydrogens is 862 g/mol. The fraction of sp³-hybridized carbons (Fsp3) is 0.778. The van der Waals surface area contributed by atoms with Crippen LogP contribution in [0, 0.1) is 22.7 Å². The van der Waals surface area contributed by atoms with Gasteiger partial charge in [-0.2, -0.15) is 0 Å². The van der Waals surface area contributed by atoms with E-state index in [9.17, 15) is 57.7 Å². The van der Waals surface area contributed by atoms with E-state index in [-0.39, 0.29) is 32.5 Å². The molecule has 356 valence electrons. The van der Waals surface area contributed by atoms with Crippen molar-refractivity contribution in [2.24, 2.45) is 22.7 Å². The number of hydrogen-bond donors (Lipinski definition) is 3. The highest BCUT2D eigenvalue weighted by atomic mass is 31.2. The minimum Gasteiger partial charge on any atom is -0.481 e. The average Bonchev–Trinajstić information content (AvgIpc) is 3.06. The molecule has 0 aromatic heterocycles. The molecule has 0 radical (unpaired) electrons. The number of carbonyl (C=O) groups excluding carboxylic acids is 5. The number of hydrogen-bond acceptors (Lipinski definition) is 20. The summed E-state index contributed by atoms with van der Waals surface area (Å²) in [5.41, 5.74) is -1.66. The molecule has 0 aliphatic rings. The van der Waals surface area contributed by atoms with E-state index in [2.05, 4.69) is 18.9 Å². The Morgan fingerprint density at radius 1 is 0.525 bits per heavy atom. The van der Waals surface area contributed by atoms with Gasteiger partial charge in [-0.25, -0.2) is 9.59 Å². The molecule has 0 bridgehead atoms. The maximum atomic E-state index is 13.1. The lowest BCUT2D eigenvalue weighted by molar-refractivity contribution is -0.162. The fourth-order valence-electron chi connectivity index (χ4n) is 3.60. The second kappa shape index (κ2) is 29.2. The Labute approximate surface area is 355 Å². The molecule has 0 aliphatic heterocycles. The van der Waals surface area contributed by atoms with Crippen LogP contribution in [0.3, 0.4) is 0 Å². The lowest BCUT2D eigenvalue weighted by Crippen LogP contribution is -2.26. The summed E-state index contributed by atoms with van der Waals surface area (Å²) in [4.78, 5) is 91.1. The predicted molar refractivity (Wildman–Crippen MR) is 211 cm³/mol. The highest BCUT2D eigenvalue weighted by molar-refractivity contribution is 7.54. The van der Waals surface area contributed by atoms with Gasteiger partial charge >= 0.3 is 57.3 Å². The predicted octanol–water partition coefficient (Wildman–Crippen LogP) is 6.83. The second-order valence-electron chi connectivity index (χ2n) is 15.3. The third kappa shape index (κ3) is 31.4. The largest absolute Gasteiger partial charge is 0.510 e. The molecular formula is C36H64O23P2. The first-order valence-corrected chi connectivity index (χ1v) is 21.7. The second-order valence-corrected chi connectivity index (χ2v) is 19.5. The number of carbonyl (C=O) groups is 8. The van der Waals surface area contributed by atoms with E-state index in [4.69, 9.17) is 32.7 Å². The first-order valence-electron chi connectivity index (χ1n) is 18.3. The Balaban J connectivity index is -0.00000109. The standard InChI is InChI=1S/C19H33O10P.C16H27O13P.CH4/c1-13(20)8-9-14(15(21)22)10-30(25,28-11-26-16(23)18(2,3)4)29-12-27-17(24)19(5,6)7;1-10(2)28-15(21)24-8-26-30(23,27-9-25-16(22)29-11(3)4)7-12(14(19)20)5-6-13(17)18;/h14H,8-12H2,1-7H3,(H,21,22);10-12H,5-9H2,1-4H3,(H,17,18)(H,19,20);1H4. The fourth-order valence-corrected chi connectivity index (χ4v) is 6.78. The van der Waals surface area contributed by atoms with Crippen molar-refractivity contribution in [2.45, 2.75) is 121 Å². The Kier molecular flexibility index (Phi) is 29.3. The molecule has 25 heteroatoms. The maximum Gasteiger partial charge on any atom is 0.510 e. The number of Topliss-reactive ketones (excluding diaryl/α,β-unsaturated/α-hetero) is 1. The third-order valence-electron chi connectivity index (χ3n) is 6.76. The smallest absolute Gasteiger partial charge is 0.481 e. The molecule has 23 nitrogen and oxygen atoms in total. The molecule has 0 aromatic carbocycles. The van der Waals surface area contributed by atoms with E-state index >= 15 is 0 Å². The van der Waals surface area contributed by atoms with E-state index in [1.807, 2.05) is 0 Å². The van der Waals surface area contributed by atoms with Gasteiger partial charge in [0.05, 0.1) is 47.2 Å². The molecule has 0 spiro atoms.